The highest BCUT2D eigenvalue weighted by Gasteiger charge is 2.29. The van der Waals surface area contributed by atoms with Crippen molar-refractivity contribution in [1.29, 1.82) is 5.26 Å². The number of benzene rings is 2. The van der Waals surface area contributed by atoms with Gasteiger partial charge >= 0.3 is 5.97 Å². The SMILES string of the molecule is Cc1c2c(cc(Cl)c1C(=O)N[C@@H](CN=C(NC#N)N[C@@H](C)CO)C(=O)O)CN(C(=O)c1ccc3ccoc3c1)CC2. The number of amides is 2. The summed E-state index contributed by atoms with van der Waals surface area (Å²) >= 11 is 6.53. The van der Waals surface area contributed by atoms with E-state index in [-0.39, 0.29) is 29.1 Å². The number of hydrogen-bond donors (Lipinski definition) is 5. The first-order chi connectivity index (χ1) is 19.6. The van der Waals surface area contributed by atoms with Crippen LogP contribution in [0.2, 0.25) is 5.02 Å². The normalized spacial score (nSPS) is 14.5. The van der Waals surface area contributed by atoms with Crippen LogP contribution >= 0.6 is 11.6 Å². The van der Waals surface area contributed by atoms with Gasteiger partial charge in [-0.1, -0.05) is 17.7 Å². The zero-order valence-electron chi connectivity index (χ0n) is 22.4. The van der Waals surface area contributed by atoms with Gasteiger partial charge in [-0.2, -0.15) is 5.26 Å². The van der Waals surface area contributed by atoms with E-state index in [1.54, 1.807) is 49.4 Å². The molecule has 12 nitrogen and oxygen atoms in total. The average molecular weight is 581 g/mol. The van der Waals surface area contributed by atoms with Gasteiger partial charge in [-0.05, 0) is 61.2 Å². The van der Waals surface area contributed by atoms with Gasteiger partial charge in [0, 0.05) is 30.1 Å². The van der Waals surface area contributed by atoms with E-state index in [1.165, 1.54) is 0 Å². The Bertz CT molecular complexity index is 1560. The lowest BCUT2D eigenvalue weighted by Gasteiger charge is -2.31. The van der Waals surface area contributed by atoms with Crippen molar-refractivity contribution in [2.24, 2.45) is 4.99 Å². The number of aliphatic imine (C=N–C) groups is 1. The van der Waals surface area contributed by atoms with Gasteiger partial charge in [-0.15, -0.1) is 0 Å². The molecule has 0 fully saturated rings. The van der Waals surface area contributed by atoms with Crippen LogP contribution in [0.1, 0.15) is 44.3 Å². The van der Waals surface area contributed by atoms with Gasteiger partial charge in [-0.3, -0.25) is 14.9 Å². The summed E-state index contributed by atoms with van der Waals surface area (Å²) in [6.45, 7) is 3.47. The van der Waals surface area contributed by atoms with E-state index < -0.39 is 30.5 Å². The van der Waals surface area contributed by atoms with Crippen molar-refractivity contribution >= 4 is 46.3 Å². The lowest BCUT2D eigenvalue weighted by molar-refractivity contribution is -0.138. The van der Waals surface area contributed by atoms with E-state index in [4.69, 9.17) is 21.3 Å². The lowest BCUT2D eigenvalue weighted by atomic mass is 9.91. The van der Waals surface area contributed by atoms with E-state index in [0.717, 1.165) is 16.5 Å². The number of carboxylic acid groups (broad SMARTS) is 1. The fourth-order valence-electron chi connectivity index (χ4n) is 4.68. The number of fused-ring (bicyclic) bond motifs is 2. The largest absolute Gasteiger partial charge is 0.480 e. The molecule has 3 aromatic rings. The molecular formula is C28H29ClN6O6. The predicted molar refractivity (Wildman–Crippen MR) is 150 cm³/mol. The number of halogens is 1. The van der Waals surface area contributed by atoms with E-state index >= 15 is 0 Å². The number of carboxylic acids is 1. The van der Waals surface area contributed by atoms with E-state index in [9.17, 15) is 24.6 Å². The zero-order chi connectivity index (χ0) is 29.7. The minimum Gasteiger partial charge on any atom is -0.480 e. The molecule has 2 amide bonds. The van der Waals surface area contributed by atoms with E-state index in [1.807, 2.05) is 12.1 Å². The van der Waals surface area contributed by atoms with Crippen molar-refractivity contribution in [3.8, 4) is 6.19 Å². The van der Waals surface area contributed by atoms with E-state index in [2.05, 4.69) is 20.9 Å². The van der Waals surface area contributed by atoms with Crippen LogP contribution in [0.5, 0.6) is 0 Å². The predicted octanol–water partition coefficient (Wildman–Crippen LogP) is 2.17. The second-order valence-electron chi connectivity index (χ2n) is 9.66. The minimum absolute atomic E-state index is 0.0410. The molecule has 0 unspecified atom stereocenters. The molecule has 2 atom stereocenters. The summed E-state index contributed by atoms with van der Waals surface area (Å²) in [6, 6.07) is 6.89. The number of aliphatic carboxylic acids is 1. The smallest absolute Gasteiger partial charge is 0.328 e. The monoisotopic (exact) mass is 580 g/mol. The molecule has 13 heteroatoms. The maximum atomic E-state index is 13.2. The number of carbonyl (C=O) groups excluding carboxylic acids is 2. The third-order valence-corrected chi connectivity index (χ3v) is 7.13. The Morgan fingerprint density at radius 3 is 2.73 bits per heavy atom. The highest BCUT2D eigenvalue weighted by atomic mass is 35.5. The number of nitrogens with zero attached hydrogens (tertiary/aromatic N) is 3. The highest BCUT2D eigenvalue weighted by molar-refractivity contribution is 6.34. The molecule has 41 heavy (non-hydrogen) atoms. The van der Waals surface area contributed by atoms with Gasteiger partial charge in [0.15, 0.2) is 6.19 Å². The third-order valence-electron chi connectivity index (χ3n) is 6.83. The quantitative estimate of drug-likeness (QED) is 0.115. The summed E-state index contributed by atoms with van der Waals surface area (Å²) in [4.78, 5) is 44.1. The number of nitrogens with one attached hydrogen (secondary N) is 3. The fraction of sp³-hybridized carbons (Fsp3) is 0.321. The van der Waals surface area contributed by atoms with Crippen LogP contribution in [0, 0.1) is 18.4 Å². The molecule has 0 spiro atoms. The standard InChI is InChI=1S/C28H29ClN6O6/c1-15(13-36)33-28(32-14-30)31-11-22(27(39)40)34-25(37)24-16(2)20-5-7-35(12-19(20)9-21(24)29)26(38)18-4-3-17-6-8-41-23(17)10-18/h3-4,6,8-10,15,22,36H,5,7,11-13H2,1-2H3,(H,34,37)(H,39,40)(H2,31,32,33)/t15-,22-/m0/s1. The van der Waals surface area contributed by atoms with Crippen LogP contribution in [-0.4, -0.2) is 70.6 Å². The molecular weight excluding hydrogens is 552 g/mol. The Morgan fingerprint density at radius 2 is 2.02 bits per heavy atom. The number of carbonyl (C=O) groups is 3. The average Bonchev–Trinajstić information content (AvgIpc) is 3.42. The number of nitriles is 1. The number of hydrogen-bond acceptors (Lipinski definition) is 7. The van der Waals surface area contributed by atoms with Crippen molar-refractivity contribution in [3.63, 3.8) is 0 Å². The fourth-order valence-corrected chi connectivity index (χ4v) is 5.04. The van der Waals surface area contributed by atoms with Gasteiger partial charge in [0.25, 0.3) is 11.8 Å². The molecule has 0 bridgehead atoms. The van der Waals surface area contributed by atoms with Crippen LogP contribution in [0.4, 0.5) is 0 Å². The maximum Gasteiger partial charge on any atom is 0.328 e. The molecule has 4 rings (SSSR count). The number of rotatable bonds is 8. The first kappa shape index (κ1) is 29.4. The van der Waals surface area contributed by atoms with Crippen LogP contribution in [0.3, 0.4) is 0 Å². The molecule has 2 aromatic carbocycles. The van der Waals surface area contributed by atoms with Gasteiger partial charge in [0.2, 0.25) is 5.96 Å². The second kappa shape index (κ2) is 12.7. The van der Waals surface area contributed by atoms with Crippen molar-refractivity contribution < 1.29 is 29.0 Å². The molecule has 5 N–H and O–H groups in total. The van der Waals surface area contributed by atoms with Crippen molar-refractivity contribution in [2.45, 2.75) is 38.9 Å². The minimum atomic E-state index is -1.42. The molecule has 214 valence electrons. The Kier molecular flexibility index (Phi) is 9.11. The van der Waals surface area contributed by atoms with Crippen LogP contribution in [0.25, 0.3) is 11.0 Å². The lowest BCUT2D eigenvalue weighted by Crippen LogP contribution is -2.46. The van der Waals surface area contributed by atoms with E-state index in [0.29, 0.717) is 36.2 Å². The number of guanidine groups is 1. The summed E-state index contributed by atoms with van der Waals surface area (Å²) in [5.74, 6) is -2.21. The number of aliphatic hydroxyl groups is 1. The second-order valence-corrected chi connectivity index (χ2v) is 10.1. The molecule has 0 radical (unpaired) electrons. The molecule has 0 saturated carbocycles. The molecule has 1 aliphatic rings. The number of furan rings is 1. The summed E-state index contributed by atoms with van der Waals surface area (Å²) < 4.78 is 5.42. The number of aliphatic hydroxyl groups excluding tert-OH is 1. The summed E-state index contributed by atoms with van der Waals surface area (Å²) in [5.41, 5.74) is 3.56. The first-order valence-electron chi connectivity index (χ1n) is 12.8. The molecule has 0 saturated heterocycles. The zero-order valence-corrected chi connectivity index (χ0v) is 23.2. The first-order valence-corrected chi connectivity index (χ1v) is 13.2. The van der Waals surface area contributed by atoms with Crippen LogP contribution in [-0.2, 0) is 17.8 Å². The summed E-state index contributed by atoms with van der Waals surface area (Å²) in [5, 5.41) is 36.3. The van der Waals surface area contributed by atoms with Gasteiger partial charge in [0.1, 0.15) is 11.6 Å². The topological polar surface area (TPSA) is 180 Å². The Hall–Kier alpha value is -4.60. The Morgan fingerprint density at radius 1 is 1.24 bits per heavy atom. The third kappa shape index (κ3) is 6.59. The van der Waals surface area contributed by atoms with Crippen molar-refractivity contribution in [2.75, 3.05) is 19.7 Å². The molecule has 1 aromatic heterocycles. The highest BCUT2D eigenvalue weighted by Crippen LogP contribution is 2.31. The molecule has 1 aliphatic heterocycles. The van der Waals surface area contributed by atoms with Gasteiger partial charge in [-0.25, -0.2) is 9.79 Å². The van der Waals surface area contributed by atoms with Gasteiger partial charge < -0.3 is 30.2 Å². The van der Waals surface area contributed by atoms with Crippen LogP contribution in [0.15, 0.2) is 46.0 Å². The summed E-state index contributed by atoms with van der Waals surface area (Å²) in [6.07, 6.45) is 3.73. The van der Waals surface area contributed by atoms with Crippen molar-refractivity contribution in [3.05, 3.63) is 69.4 Å². The summed E-state index contributed by atoms with van der Waals surface area (Å²) in [7, 11) is 0. The molecule has 0 aliphatic carbocycles. The maximum absolute atomic E-state index is 13.2. The Labute approximate surface area is 240 Å². The van der Waals surface area contributed by atoms with Gasteiger partial charge in [0.05, 0.1) is 30.0 Å². The Balaban J connectivity index is 1.50. The molecule has 2 heterocycles. The van der Waals surface area contributed by atoms with Crippen molar-refractivity contribution in [1.82, 2.24) is 20.9 Å². The van der Waals surface area contributed by atoms with Crippen LogP contribution < -0.4 is 16.0 Å².